The quantitative estimate of drug-likeness (QED) is 0.387. The van der Waals surface area contributed by atoms with Crippen molar-refractivity contribution in [2.24, 2.45) is 5.92 Å². The van der Waals surface area contributed by atoms with Crippen molar-refractivity contribution in [1.29, 1.82) is 0 Å². The second-order valence-electron chi connectivity index (χ2n) is 6.55. The molecule has 3 rings (SSSR count). The van der Waals surface area contributed by atoms with E-state index < -0.39 is 4.92 Å². The number of aromatic nitrogens is 1. The number of hydrogen-bond acceptors (Lipinski definition) is 6. The van der Waals surface area contributed by atoms with E-state index in [1.165, 1.54) is 6.20 Å². The summed E-state index contributed by atoms with van der Waals surface area (Å²) in [5.74, 6) is -0.143. The Morgan fingerprint density at radius 3 is 2.85 bits per heavy atom. The average molecular weight is 434 g/mol. The van der Waals surface area contributed by atoms with Crippen molar-refractivity contribution < 1.29 is 14.5 Å². The van der Waals surface area contributed by atoms with Gasteiger partial charge in [-0.05, 0) is 40.3 Å². The first-order chi connectivity index (χ1) is 13.0. The third-order valence-electron chi connectivity index (χ3n) is 4.58. The highest BCUT2D eigenvalue weighted by molar-refractivity contribution is 9.10. The highest BCUT2D eigenvalue weighted by Gasteiger charge is 2.29. The molecular formula is C19H20BrN3O4. The molecule has 0 spiro atoms. The Kier molecular flexibility index (Phi) is 6.39. The monoisotopic (exact) mass is 433 g/mol. The van der Waals surface area contributed by atoms with Crippen LogP contribution in [-0.4, -0.2) is 29.0 Å². The van der Waals surface area contributed by atoms with Gasteiger partial charge in [-0.25, -0.2) is 0 Å². The van der Waals surface area contributed by atoms with Crippen molar-refractivity contribution in [2.75, 3.05) is 18.0 Å². The molecule has 0 radical (unpaired) electrons. The Morgan fingerprint density at radius 2 is 2.11 bits per heavy atom. The lowest BCUT2D eigenvalue weighted by Crippen LogP contribution is -2.37. The highest BCUT2D eigenvalue weighted by Crippen LogP contribution is 2.37. The van der Waals surface area contributed by atoms with Crippen molar-refractivity contribution in [1.82, 2.24) is 4.98 Å². The van der Waals surface area contributed by atoms with Crippen molar-refractivity contribution >= 4 is 33.3 Å². The molecule has 0 amide bonds. The molecule has 1 fully saturated rings. The van der Waals surface area contributed by atoms with Crippen LogP contribution < -0.4 is 4.90 Å². The molecule has 0 unspecified atom stereocenters. The third kappa shape index (κ3) is 5.03. The number of carbonyl (C=O) groups is 1. The fourth-order valence-corrected chi connectivity index (χ4v) is 3.90. The molecule has 1 aliphatic heterocycles. The minimum Gasteiger partial charge on any atom is -0.461 e. The van der Waals surface area contributed by atoms with Gasteiger partial charge in [0.25, 0.3) is 0 Å². The van der Waals surface area contributed by atoms with Gasteiger partial charge in [0, 0.05) is 19.3 Å². The van der Waals surface area contributed by atoms with Crippen molar-refractivity contribution in [3.8, 4) is 0 Å². The predicted molar refractivity (Wildman–Crippen MR) is 104 cm³/mol. The largest absolute Gasteiger partial charge is 0.461 e. The van der Waals surface area contributed by atoms with Gasteiger partial charge in [-0.3, -0.25) is 19.9 Å². The lowest BCUT2D eigenvalue weighted by molar-refractivity contribution is -0.384. The molecule has 1 aromatic carbocycles. The maximum atomic E-state index is 12.2. The molecule has 1 atom stereocenters. The number of carbonyl (C=O) groups excluding carboxylic acids is 1. The third-order valence-corrected chi connectivity index (χ3v) is 5.16. The average Bonchev–Trinajstić information content (AvgIpc) is 2.67. The Bertz CT molecular complexity index is 816. The normalized spacial score (nSPS) is 16.8. The zero-order chi connectivity index (χ0) is 19.2. The molecule has 0 saturated carbocycles. The highest BCUT2D eigenvalue weighted by atomic mass is 79.9. The molecular weight excluding hydrogens is 414 g/mol. The Labute approximate surface area is 165 Å². The summed E-state index contributed by atoms with van der Waals surface area (Å²) in [7, 11) is 0. The number of anilines is 1. The minimum atomic E-state index is -0.426. The number of nitrogens with zero attached hydrogens (tertiary/aromatic N) is 3. The predicted octanol–water partition coefficient (Wildman–Crippen LogP) is 4.10. The number of ether oxygens (including phenoxy) is 1. The van der Waals surface area contributed by atoms with Gasteiger partial charge in [0.15, 0.2) is 0 Å². The van der Waals surface area contributed by atoms with Crippen LogP contribution in [0.25, 0.3) is 0 Å². The molecule has 0 N–H and O–H groups in total. The van der Waals surface area contributed by atoms with E-state index in [1.807, 2.05) is 35.2 Å². The second kappa shape index (κ2) is 8.94. The maximum Gasteiger partial charge on any atom is 0.311 e. The van der Waals surface area contributed by atoms with Crippen LogP contribution in [-0.2, 0) is 16.1 Å². The number of rotatable bonds is 6. The van der Waals surface area contributed by atoms with Gasteiger partial charge in [-0.2, -0.15) is 0 Å². The Hall–Kier alpha value is -2.48. The summed E-state index contributed by atoms with van der Waals surface area (Å²) < 4.78 is 5.96. The Morgan fingerprint density at radius 1 is 1.33 bits per heavy atom. The summed E-state index contributed by atoms with van der Waals surface area (Å²) in [6, 6.07) is 9.55. The molecule has 2 heterocycles. The van der Waals surface area contributed by atoms with E-state index in [0.717, 1.165) is 18.4 Å². The molecule has 1 aromatic heterocycles. The first kappa shape index (κ1) is 19.3. The lowest BCUT2D eigenvalue weighted by Gasteiger charge is -2.34. The molecule has 8 heteroatoms. The molecule has 142 valence electrons. The van der Waals surface area contributed by atoms with Crippen LogP contribution in [0.3, 0.4) is 0 Å². The summed E-state index contributed by atoms with van der Waals surface area (Å²) >= 11 is 3.37. The van der Waals surface area contributed by atoms with E-state index >= 15 is 0 Å². The van der Waals surface area contributed by atoms with Gasteiger partial charge in [0.2, 0.25) is 0 Å². The molecule has 1 saturated heterocycles. The van der Waals surface area contributed by atoms with E-state index in [-0.39, 0.29) is 24.2 Å². The topological polar surface area (TPSA) is 85.6 Å². The van der Waals surface area contributed by atoms with Crippen LogP contribution in [0.15, 0.2) is 47.2 Å². The summed E-state index contributed by atoms with van der Waals surface area (Å²) in [6.07, 6.45) is 4.88. The van der Waals surface area contributed by atoms with Crippen LogP contribution in [0.1, 0.15) is 24.8 Å². The smallest absolute Gasteiger partial charge is 0.311 e. The van der Waals surface area contributed by atoms with Crippen molar-refractivity contribution in [3.63, 3.8) is 0 Å². The first-order valence-electron chi connectivity index (χ1n) is 8.77. The van der Waals surface area contributed by atoms with Crippen molar-refractivity contribution in [3.05, 3.63) is 62.9 Å². The van der Waals surface area contributed by atoms with E-state index in [0.29, 0.717) is 29.7 Å². The number of pyridine rings is 1. The number of piperidine rings is 1. The zero-order valence-electron chi connectivity index (χ0n) is 14.7. The minimum absolute atomic E-state index is 0.0309. The maximum absolute atomic E-state index is 12.2. The second-order valence-corrected chi connectivity index (χ2v) is 7.41. The Balaban J connectivity index is 1.61. The van der Waals surface area contributed by atoms with Crippen LogP contribution in [0.4, 0.5) is 11.4 Å². The molecule has 27 heavy (non-hydrogen) atoms. The fourth-order valence-electron chi connectivity index (χ4n) is 3.33. The summed E-state index contributed by atoms with van der Waals surface area (Å²) in [5.41, 5.74) is 1.45. The zero-order valence-corrected chi connectivity index (χ0v) is 16.3. The number of esters is 1. The number of hydrogen-bond donors (Lipinski definition) is 0. The number of nitro groups is 1. The summed E-state index contributed by atoms with van der Waals surface area (Å²) in [6.45, 7) is 1.54. The summed E-state index contributed by atoms with van der Waals surface area (Å²) in [4.78, 5) is 29.0. The molecule has 0 aliphatic carbocycles. The molecule has 2 aromatic rings. The molecule has 7 nitrogen and oxygen atoms in total. The van der Waals surface area contributed by atoms with Crippen LogP contribution in [0.2, 0.25) is 0 Å². The SMILES string of the molecule is O=C(C[C@H]1CCCN(c2c(Br)cncc2[N+](=O)[O-])C1)OCc1ccccc1. The summed E-state index contributed by atoms with van der Waals surface area (Å²) in [5, 5.41) is 11.3. The van der Waals surface area contributed by atoms with E-state index in [1.54, 1.807) is 6.20 Å². The van der Waals surface area contributed by atoms with E-state index in [4.69, 9.17) is 4.74 Å². The van der Waals surface area contributed by atoms with Gasteiger partial charge >= 0.3 is 11.7 Å². The van der Waals surface area contributed by atoms with Gasteiger partial charge < -0.3 is 9.64 Å². The van der Waals surface area contributed by atoms with Gasteiger partial charge in [-0.15, -0.1) is 0 Å². The van der Waals surface area contributed by atoms with Crippen LogP contribution in [0, 0.1) is 16.0 Å². The molecule has 1 aliphatic rings. The lowest BCUT2D eigenvalue weighted by atomic mass is 9.94. The number of halogens is 1. The molecule has 0 bridgehead atoms. The van der Waals surface area contributed by atoms with E-state index in [9.17, 15) is 14.9 Å². The van der Waals surface area contributed by atoms with Gasteiger partial charge in [0.1, 0.15) is 18.5 Å². The van der Waals surface area contributed by atoms with Crippen molar-refractivity contribution in [2.45, 2.75) is 25.9 Å². The van der Waals surface area contributed by atoms with Gasteiger partial charge in [-0.1, -0.05) is 30.3 Å². The van der Waals surface area contributed by atoms with Gasteiger partial charge in [0.05, 0.1) is 15.8 Å². The number of benzene rings is 1. The standard InChI is InChI=1S/C19H20BrN3O4/c20-16-10-21-11-17(23(25)26)19(16)22-8-4-7-15(12-22)9-18(24)27-13-14-5-2-1-3-6-14/h1-3,5-6,10-11,15H,4,7-9,12-13H2/t15-/m1/s1. The van der Waals surface area contributed by atoms with E-state index in [2.05, 4.69) is 20.9 Å². The fraction of sp³-hybridized carbons (Fsp3) is 0.368. The first-order valence-corrected chi connectivity index (χ1v) is 9.56. The van der Waals surface area contributed by atoms with Crippen LogP contribution in [0.5, 0.6) is 0 Å². The van der Waals surface area contributed by atoms with Crippen LogP contribution >= 0.6 is 15.9 Å².